The first kappa shape index (κ1) is 16.3. The van der Waals surface area contributed by atoms with Gasteiger partial charge in [0.1, 0.15) is 5.82 Å². The quantitative estimate of drug-likeness (QED) is 0.932. The predicted molar refractivity (Wildman–Crippen MR) is 93.0 cm³/mol. The van der Waals surface area contributed by atoms with Gasteiger partial charge in [-0.2, -0.15) is 5.10 Å². The minimum Gasteiger partial charge on any atom is -0.354 e. The average molecular weight is 342 g/mol. The van der Waals surface area contributed by atoms with Crippen LogP contribution in [0, 0.1) is 19.7 Å². The van der Waals surface area contributed by atoms with E-state index < -0.39 is 0 Å². The van der Waals surface area contributed by atoms with E-state index >= 15 is 0 Å². The molecule has 25 heavy (non-hydrogen) atoms. The first-order valence-electron chi connectivity index (χ1n) is 8.86. The molecule has 0 unspecified atom stereocenters. The van der Waals surface area contributed by atoms with Crippen LogP contribution in [0.1, 0.15) is 36.2 Å². The molecular weight excluding hydrogens is 319 g/mol. The standard InChI is InChI=1S/C19H23FN4O/c1-12-7-13(2)24(22-12)18-6-3-15(20)8-14(18)11-23-16-4-5-17(23)10-21-19(25)9-16/h3,6-8,16-17H,4-5,9-11H2,1-2H3,(H,21,25)/t16-,17+/m0/s1. The second-order valence-electron chi connectivity index (χ2n) is 7.18. The molecule has 1 aromatic carbocycles. The fourth-order valence-electron chi connectivity index (χ4n) is 4.19. The summed E-state index contributed by atoms with van der Waals surface area (Å²) in [6.07, 6.45) is 2.64. The SMILES string of the molecule is Cc1cc(C)n(-c2ccc(F)cc2CN2[C@@H]3CC[C@H]2CC(=O)NC3)n1. The van der Waals surface area contributed by atoms with E-state index in [1.54, 1.807) is 12.1 Å². The highest BCUT2D eigenvalue weighted by Crippen LogP contribution is 2.31. The molecule has 5 nitrogen and oxygen atoms in total. The van der Waals surface area contributed by atoms with Crippen molar-refractivity contribution in [1.82, 2.24) is 20.0 Å². The summed E-state index contributed by atoms with van der Waals surface area (Å²) in [5.74, 6) is -0.119. The van der Waals surface area contributed by atoms with Crippen LogP contribution in [-0.2, 0) is 11.3 Å². The van der Waals surface area contributed by atoms with Crippen LogP contribution in [-0.4, -0.2) is 39.2 Å². The number of aryl methyl sites for hydroxylation is 2. The Hall–Kier alpha value is -2.21. The summed E-state index contributed by atoms with van der Waals surface area (Å²) in [7, 11) is 0. The van der Waals surface area contributed by atoms with Crippen LogP contribution < -0.4 is 5.32 Å². The summed E-state index contributed by atoms with van der Waals surface area (Å²) in [5.41, 5.74) is 3.80. The maximum atomic E-state index is 14.0. The van der Waals surface area contributed by atoms with Crippen LogP contribution >= 0.6 is 0 Å². The predicted octanol–water partition coefficient (Wildman–Crippen LogP) is 2.48. The van der Waals surface area contributed by atoms with Gasteiger partial charge < -0.3 is 5.32 Å². The smallest absolute Gasteiger partial charge is 0.221 e. The summed E-state index contributed by atoms with van der Waals surface area (Å²) < 4.78 is 15.8. The number of amides is 1. The number of halogens is 1. The molecule has 1 N–H and O–H groups in total. The molecule has 2 aliphatic rings. The van der Waals surface area contributed by atoms with Gasteiger partial charge in [0.15, 0.2) is 0 Å². The van der Waals surface area contributed by atoms with Crippen LogP contribution in [0.5, 0.6) is 0 Å². The largest absolute Gasteiger partial charge is 0.354 e. The topological polar surface area (TPSA) is 50.2 Å². The Morgan fingerprint density at radius 3 is 2.80 bits per heavy atom. The minimum absolute atomic E-state index is 0.121. The van der Waals surface area contributed by atoms with E-state index in [1.165, 1.54) is 6.07 Å². The second-order valence-corrected chi connectivity index (χ2v) is 7.18. The summed E-state index contributed by atoms with van der Waals surface area (Å²) in [6, 6.07) is 7.47. The lowest BCUT2D eigenvalue weighted by Gasteiger charge is -2.28. The molecule has 6 heteroatoms. The zero-order valence-corrected chi connectivity index (χ0v) is 14.6. The molecule has 0 spiro atoms. The van der Waals surface area contributed by atoms with Gasteiger partial charge in [0.05, 0.1) is 11.4 Å². The molecule has 0 radical (unpaired) electrons. The Bertz CT molecular complexity index is 816. The Morgan fingerprint density at radius 2 is 2.04 bits per heavy atom. The van der Waals surface area contributed by atoms with Gasteiger partial charge in [0, 0.05) is 37.3 Å². The normalized spacial score (nSPS) is 23.6. The number of hydrogen-bond donors (Lipinski definition) is 1. The van der Waals surface area contributed by atoms with Gasteiger partial charge in [-0.15, -0.1) is 0 Å². The summed E-state index contributed by atoms with van der Waals surface area (Å²) in [6.45, 7) is 5.28. The maximum Gasteiger partial charge on any atom is 0.221 e. The average Bonchev–Trinajstić information content (AvgIpc) is 3.03. The number of nitrogens with zero attached hydrogens (tertiary/aromatic N) is 3. The molecule has 2 fully saturated rings. The number of nitrogens with one attached hydrogen (secondary N) is 1. The van der Waals surface area contributed by atoms with Crippen molar-refractivity contribution in [2.24, 2.45) is 0 Å². The van der Waals surface area contributed by atoms with E-state index in [1.807, 2.05) is 24.6 Å². The molecule has 4 rings (SSSR count). The Balaban J connectivity index is 1.70. The summed E-state index contributed by atoms with van der Waals surface area (Å²) in [5, 5.41) is 7.55. The van der Waals surface area contributed by atoms with Gasteiger partial charge in [0.2, 0.25) is 5.91 Å². The first-order valence-corrected chi connectivity index (χ1v) is 8.86. The lowest BCUT2D eigenvalue weighted by molar-refractivity contribution is -0.121. The highest BCUT2D eigenvalue weighted by atomic mass is 19.1. The Kier molecular flexibility index (Phi) is 4.07. The summed E-state index contributed by atoms with van der Waals surface area (Å²) in [4.78, 5) is 14.2. The van der Waals surface area contributed by atoms with Gasteiger partial charge >= 0.3 is 0 Å². The van der Waals surface area contributed by atoms with Crippen molar-refractivity contribution in [3.63, 3.8) is 0 Å². The number of rotatable bonds is 3. The lowest BCUT2D eigenvalue weighted by Crippen LogP contribution is -2.37. The third-order valence-corrected chi connectivity index (χ3v) is 5.36. The van der Waals surface area contributed by atoms with Crippen molar-refractivity contribution in [1.29, 1.82) is 0 Å². The van der Waals surface area contributed by atoms with E-state index in [2.05, 4.69) is 15.3 Å². The second kappa shape index (κ2) is 6.26. The number of fused-ring (bicyclic) bond motifs is 2. The van der Waals surface area contributed by atoms with Gasteiger partial charge in [-0.05, 0) is 56.5 Å². The molecule has 3 heterocycles. The van der Waals surface area contributed by atoms with Gasteiger partial charge in [-0.1, -0.05) is 0 Å². The monoisotopic (exact) mass is 342 g/mol. The third kappa shape index (κ3) is 3.06. The molecule has 2 saturated heterocycles. The minimum atomic E-state index is -0.239. The van der Waals surface area contributed by atoms with E-state index in [4.69, 9.17) is 0 Å². The van der Waals surface area contributed by atoms with E-state index in [0.29, 0.717) is 25.6 Å². The van der Waals surface area contributed by atoms with E-state index in [-0.39, 0.29) is 17.8 Å². The van der Waals surface area contributed by atoms with Crippen molar-refractivity contribution < 1.29 is 9.18 Å². The molecule has 1 amide bonds. The molecule has 2 atom stereocenters. The van der Waals surface area contributed by atoms with Crippen LogP contribution in [0.3, 0.4) is 0 Å². The molecule has 1 aromatic heterocycles. The fraction of sp³-hybridized carbons (Fsp3) is 0.474. The number of carbonyl (C=O) groups is 1. The Morgan fingerprint density at radius 1 is 1.24 bits per heavy atom. The zero-order valence-electron chi connectivity index (χ0n) is 14.6. The fourth-order valence-corrected chi connectivity index (χ4v) is 4.19. The van der Waals surface area contributed by atoms with Gasteiger partial charge in [-0.3, -0.25) is 9.69 Å². The lowest BCUT2D eigenvalue weighted by atomic mass is 10.1. The van der Waals surface area contributed by atoms with Crippen LogP contribution in [0.4, 0.5) is 4.39 Å². The third-order valence-electron chi connectivity index (χ3n) is 5.36. The zero-order chi connectivity index (χ0) is 17.6. The first-order chi connectivity index (χ1) is 12.0. The molecule has 2 aliphatic heterocycles. The number of aromatic nitrogens is 2. The molecule has 132 valence electrons. The van der Waals surface area contributed by atoms with Crippen molar-refractivity contribution in [2.45, 2.75) is 51.7 Å². The molecule has 0 aliphatic carbocycles. The van der Waals surface area contributed by atoms with Crippen molar-refractivity contribution in [3.05, 3.63) is 47.0 Å². The summed E-state index contributed by atoms with van der Waals surface area (Å²) >= 11 is 0. The molecular formula is C19H23FN4O. The van der Waals surface area contributed by atoms with Crippen molar-refractivity contribution in [3.8, 4) is 5.69 Å². The number of hydrogen-bond acceptors (Lipinski definition) is 3. The van der Waals surface area contributed by atoms with Crippen LogP contribution in [0.2, 0.25) is 0 Å². The maximum absolute atomic E-state index is 14.0. The number of carbonyl (C=O) groups excluding carboxylic acids is 1. The molecule has 2 aromatic rings. The van der Waals surface area contributed by atoms with Crippen molar-refractivity contribution >= 4 is 5.91 Å². The highest BCUT2D eigenvalue weighted by Gasteiger charge is 2.37. The molecule has 2 bridgehead atoms. The number of benzene rings is 1. The van der Waals surface area contributed by atoms with E-state index in [0.717, 1.165) is 35.5 Å². The van der Waals surface area contributed by atoms with Crippen LogP contribution in [0.25, 0.3) is 5.69 Å². The van der Waals surface area contributed by atoms with Gasteiger partial charge in [-0.25, -0.2) is 9.07 Å². The van der Waals surface area contributed by atoms with Crippen LogP contribution in [0.15, 0.2) is 24.3 Å². The van der Waals surface area contributed by atoms with E-state index in [9.17, 15) is 9.18 Å². The Labute approximate surface area is 146 Å². The van der Waals surface area contributed by atoms with Crippen molar-refractivity contribution in [2.75, 3.05) is 6.54 Å². The van der Waals surface area contributed by atoms with Gasteiger partial charge in [0.25, 0.3) is 0 Å². The molecule has 0 saturated carbocycles. The highest BCUT2D eigenvalue weighted by molar-refractivity contribution is 5.77.